The Labute approximate surface area is 87.7 Å². The monoisotopic (exact) mass is 201 g/mol. The van der Waals surface area contributed by atoms with Gasteiger partial charge in [0.2, 0.25) is 0 Å². The van der Waals surface area contributed by atoms with Gasteiger partial charge < -0.3 is 5.11 Å². The van der Waals surface area contributed by atoms with Gasteiger partial charge in [-0.3, -0.25) is 4.98 Å². The summed E-state index contributed by atoms with van der Waals surface area (Å²) in [5.41, 5.74) is 2.52. The van der Waals surface area contributed by atoms with E-state index in [0.29, 0.717) is 11.4 Å². The molecule has 2 aromatic rings. The fourth-order valence-corrected chi connectivity index (χ4v) is 1.28. The van der Waals surface area contributed by atoms with E-state index in [9.17, 15) is 0 Å². The first kappa shape index (κ1) is 9.73. The van der Waals surface area contributed by atoms with Gasteiger partial charge in [0.05, 0.1) is 6.61 Å². The van der Waals surface area contributed by atoms with E-state index in [1.54, 1.807) is 18.6 Å². The average molecular weight is 201 g/mol. The van der Waals surface area contributed by atoms with Crippen LogP contribution in [0.4, 0.5) is 0 Å². The van der Waals surface area contributed by atoms with E-state index in [0.717, 1.165) is 11.3 Å². The molecule has 0 atom stereocenters. The summed E-state index contributed by atoms with van der Waals surface area (Å²) < 4.78 is 0. The zero-order valence-electron chi connectivity index (χ0n) is 8.38. The molecule has 0 saturated carbocycles. The molecule has 2 heterocycles. The first-order valence-electron chi connectivity index (χ1n) is 4.65. The second kappa shape index (κ2) is 4.14. The molecule has 2 aromatic heterocycles. The summed E-state index contributed by atoms with van der Waals surface area (Å²) in [5, 5.41) is 8.86. The Balaban J connectivity index is 2.42. The molecule has 76 valence electrons. The summed E-state index contributed by atoms with van der Waals surface area (Å²) in [6.45, 7) is 1.92. The summed E-state index contributed by atoms with van der Waals surface area (Å²) in [4.78, 5) is 12.5. The van der Waals surface area contributed by atoms with Crippen LogP contribution in [0, 0.1) is 6.92 Å². The highest BCUT2D eigenvalue weighted by Gasteiger charge is 2.05. The molecular weight excluding hydrogens is 190 g/mol. The largest absolute Gasteiger partial charge is 0.392 e. The Morgan fingerprint density at radius 2 is 1.93 bits per heavy atom. The van der Waals surface area contributed by atoms with Gasteiger partial charge >= 0.3 is 0 Å². The number of aromatic nitrogens is 3. The SMILES string of the molecule is Cc1cccnc1-c1ncc(CO)cn1. The molecule has 0 unspecified atom stereocenters. The fourth-order valence-electron chi connectivity index (χ4n) is 1.28. The predicted octanol–water partition coefficient (Wildman–Crippen LogP) is 1.34. The molecule has 0 aromatic carbocycles. The van der Waals surface area contributed by atoms with Crippen LogP contribution in [0.15, 0.2) is 30.7 Å². The van der Waals surface area contributed by atoms with Gasteiger partial charge in [0, 0.05) is 24.2 Å². The second-order valence-electron chi connectivity index (χ2n) is 3.24. The standard InChI is InChI=1S/C11H11N3O/c1-8-3-2-4-12-10(8)11-13-5-9(7-15)6-14-11/h2-6,15H,7H2,1H3. The van der Waals surface area contributed by atoms with E-state index in [4.69, 9.17) is 5.11 Å². The molecule has 1 N–H and O–H groups in total. The number of hydrogen-bond acceptors (Lipinski definition) is 4. The lowest BCUT2D eigenvalue weighted by Gasteiger charge is -2.02. The molecule has 0 aliphatic rings. The van der Waals surface area contributed by atoms with E-state index in [-0.39, 0.29) is 6.61 Å². The number of nitrogens with zero attached hydrogens (tertiary/aromatic N) is 3. The summed E-state index contributed by atoms with van der Waals surface area (Å²) in [5.74, 6) is 0.588. The third kappa shape index (κ3) is 1.99. The third-order valence-electron chi connectivity index (χ3n) is 2.11. The molecule has 4 nitrogen and oxygen atoms in total. The van der Waals surface area contributed by atoms with Gasteiger partial charge in [-0.15, -0.1) is 0 Å². The Morgan fingerprint density at radius 3 is 2.53 bits per heavy atom. The van der Waals surface area contributed by atoms with Crippen LogP contribution in [-0.4, -0.2) is 20.1 Å². The van der Waals surface area contributed by atoms with Crippen LogP contribution in [-0.2, 0) is 6.61 Å². The van der Waals surface area contributed by atoms with Crippen LogP contribution >= 0.6 is 0 Å². The quantitative estimate of drug-likeness (QED) is 0.796. The minimum absolute atomic E-state index is 0.0402. The molecule has 0 amide bonds. The van der Waals surface area contributed by atoms with E-state index < -0.39 is 0 Å². The first-order chi connectivity index (χ1) is 7.31. The molecule has 0 bridgehead atoms. The van der Waals surface area contributed by atoms with Gasteiger partial charge in [-0.2, -0.15) is 0 Å². The number of aliphatic hydroxyl groups is 1. The molecule has 0 aliphatic heterocycles. The number of aliphatic hydroxyl groups excluding tert-OH is 1. The number of hydrogen-bond donors (Lipinski definition) is 1. The van der Waals surface area contributed by atoms with E-state index >= 15 is 0 Å². The first-order valence-corrected chi connectivity index (χ1v) is 4.65. The minimum atomic E-state index is -0.0402. The maximum atomic E-state index is 8.86. The maximum absolute atomic E-state index is 8.86. The fraction of sp³-hybridized carbons (Fsp3) is 0.182. The van der Waals surface area contributed by atoms with Crippen LogP contribution in [0.5, 0.6) is 0 Å². The van der Waals surface area contributed by atoms with Crippen molar-refractivity contribution >= 4 is 0 Å². The predicted molar refractivity (Wildman–Crippen MR) is 55.9 cm³/mol. The lowest BCUT2D eigenvalue weighted by Crippen LogP contribution is -1.95. The van der Waals surface area contributed by atoms with Crippen molar-refractivity contribution < 1.29 is 5.11 Å². The number of aryl methyl sites for hydroxylation is 1. The molecule has 2 rings (SSSR count). The highest BCUT2D eigenvalue weighted by Crippen LogP contribution is 2.15. The topological polar surface area (TPSA) is 58.9 Å². The lowest BCUT2D eigenvalue weighted by atomic mass is 10.2. The van der Waals surface area contributed by atoms with Crippen molar-refractivity contribution in [1.82, 2.24) is 15.0 Å². The highest BCUT2D eigenvalue weighted by atomic mass is 16.3. The molecule has 0 spiro atoms. The lowest BCUT2D eigenvalue weighted by molar-refractivity contribution is 0.281. The molecule has 0 aliphatic carbocycles. The van der Waals surface area contributed by atoms with Crippen LogP contribution in [0.3, 0.4) is 0 Å². The summed E-state index contributed by atoms with van der Waals surface area (Å²) in [7, 11) is 0. The molecule has 0 fully saturated rings. The Kier molecular flexibility index (Phi) is 2.69. The molecule has 0 radical (unpaired) electrons. The minimum Gasteiger partial charge on any atom is -0.392 e. The smallest absolute Gasteiger partial charge is 0.178 e. The molecular formula is C11H11N3O. The number of pyridine rings is 1. The van der Waals surface area contributed by atoms with Crippen molar-refractivity contribution in [2.24, 2.45) is 0 Å². The Bertz CT molecular complexity index is 454. The summed E-state index contributed by atoms with van der Waals surface area (Å²) in [6.07, 6.45) is 4.93. The van der Waals surface area contributed by atoms with Gasteiger partial charge in [-0.1, -0.05) is 6.07 Å². The van der Waals surface area contributed by atoms with Crippen molar-refractivity contribution in [3.8, 4) is 11.5 Å². The van der Waals surface area contributed by atoms with Gasteiger partial charge in [0.15, 0.2) is 5.82 Å². The van der Waals surface area contributed by atoms with Crippen LogP contribution in [0.25, 0.3) is 11.5 Å². The van der Waals surface area contributed by atoms with Gasteiger partial charge in [0.1, 0.15) is 5.69 Å². The van der Waals surface area contributed by atoms with E-state index in [2.05, 4.69) is 15.0 Å². The van der Waals surface area contributed by atoms with Crippen LogP contribution in [0.1, 0.15) is 11.1 Å². The van der Waals surface area contributed by atoms with Crippen LogP contribution < -0.4 is 0 Å². The van der Waals surface area contributed by atoms with Crippen molar-refractivity contribution in [3.05, 3.63) is 41.9 Å². The van der Waals surface area contributed by atoms with E-state index in [1.165, 1.54) is 0 Å². The second-order valence-corrected chi connectivity index (χ2v) is 3.24. The third-order valence-corrected chi connectivity index (χ3v) is 2.11. The average Bonchev–Trinajstić information content (AvgIpc) is 2.30. The van der Waals surface area contributed by atoms with Crippen molar-refractivity contribution in [3.63, 3.8) is 0 Å². The maximum Gasteiger partial charge on any atom is 0.178 e. The summed E-state index contributed by atoms with van der Waals surface area (Å²) in [6, 6.07) is 3.84. The van der Waals surface area contributed by atoms with Gasteiger partial charge in [-0.25, -0.2) is 9.97 Å². The van der Waals surface area contributed by atoms with Crippen molar-refractivity contribution in [2.75, 3.05) is 0 Å². The normalized spacial score (nSPS) is 10.3. The highest BCUT2D eigenvalue weighted by molar-refractivity contribution is 5.53. The summed E-state index contributed by atoms with van der Waals surface area (Å²) >= 11 is 0. The van der Waals surface area contributed by atoms with Gasteiger partial charge in [0.25, 0.3) is 0 Å². The van der Waals surface area contributed by atoms with E-state index in [1.807, 2.05) is 19.1 Å². The molecule has 4 heteroatoms. The van der Waals surface area contributed by atoms with Crippen molar-refractivity contribution in [1.29, 1.82) is 0 Å². The zero-order valence-corrected chi connectivity index (χ0v) is 8.38. The van der Waals surface area contributed by atoms with Crippen molar-refractivity contribution in [2.45, 2.75) is 13.5 Å². The zero-order chi connectivity index (χ0) is 10.7. The Hall–Kier alpha value is -1.81. The number of rotatable bonds is 2. The molecule has 0 saturated heterocycles. The van der Waals surface area contributed by atoms with Crippen LogP contribution in [0.2, 0.25) is 0 Å². The van der Waals surface area contributed by atoms with Gasteiger partial charge in [-0.05, 0) is 18.6 Å². The molecule has 15 heavy (non-hydrogen) atoms. The Morgan fingerprint density at radius 1 is 1.20 bits per heavy atom.